The lowest BCUT2D eigenvalue weighted by atomic mass is 9.94. The first kappa shape index (κ1) is 16.8. The summed E-state index contributed by atoms with van der Waals surface area (Å²) in [6, 6.07) is 3.88. The van der Waals surface area contributed by atoms with Crippen molar-refractivity contribution in [2.75, 3.05) is 40.0 Å². The summed E-state index contributed by atoms with van der Waals surface area (Å²) in [7, 11) is 1.76. The molecule has 22 heavy (non-hydrogen) atoms. The molecule has 2 heterocycles. The van der Waals surface area contributed by atoms with E-state index in [-0.39, 0.29) is 5.60 Å². The van der Waals surface area contributed by atoms with Crippen LogP contribution in [0.1, 0.15) is 25.5 Å². The third kappa shape index (κ3) is 5.03. The molecule has 1 aliphatic heterocycles. The average molecular weight is 309 g/mol. The van der Waals surface area contributed by atoms with Crippen LogP contribution in [0, 0.1) is 0 Å². The van der Waals surface area contributed by atoms with Gasteiger partial charge in [0.25, 0.3) is 0 Å². The lowest BCUT2D eigenvalue weighted by Gasteiger charge is -2.34. The number of hydrogen-bond acceptors (Lipinski definition) is 4. The van der Waals surface area contributed by atoms with Gasteiger partial charge in [-0.2, -0.15) is 0 Å². The Balaban J connectivity index is 1.85. The summed E-state index contributed by atoms with van der Waals surface area (Å²) in [6.07, 6.45) is 4.31. The molecule has 0 saturated carbocycles. The van der Waals surface area contributed by atoms with Crippen LogP contribution in [0.2, 0.25) is 0 Å². The predicted molar refractivity (Wildman–Crippen MR) is 86.2 cm³/mol. The Morgan fingerprint density at radius 3 is 2.82 bits per heavy atom. The number of methoxy groups -OCH3 is 1. The first-order valence-electron chi connectivity index (χ1n) is 7.95. The van der Waals surface area contributed by atoms with E-state index in [9.17, 15) is 0 Å². The van der Waals surface area contributed by atoms with Crippen LogP contribution in [-0.4, -0.2) is 51.5 Å². The molecule has 0 unspecified atom stereocenters. The van der Waals surface area contributed by atoms with Crippen LogP contribution in [0.4, 0.5) is 0 Å². The van der Waals surface area contributed by atoms with Gasteiger partial charge in [0.15, 0.2) is 5.96 Å². The first-order chi connectivity index (χ1) is 10.8. The molecule has 1 aromatic heterocycles. The number of aliphatic imine (C=N–C) groups is 1. The van der Waals surface area contributed by atoms with Crippen LogP contribution >= 0.6 is 0 Å². The maximum absolute atomic E-state index is 5.71. The molecule has 124 valence electrons. The highest BCUT2D eigenvalue weighted by atomic mass is 16.5. The van der Waals surface area contributed by atoms with E-state index in [1.165, 1.54) is 0 Å². The van der Waals surface area contributed by atoms with Crippen LogP contribution < -0.4 is 10.6 Å². The quantitative estimate of drug-likeness (QED) is 0.591. The molecule has 1 aromatic rings. The number of nitrogens with zero attached hydrogens (tertiary/aromatic N) is 1. The van der Waals surface area contributed by atoms with Gasteiger partial charge in [0, 0.05) is 52.7 Å². The molecule has 0 atom stereocenters. The van der Waals surface area contributed by atoms with Gasteiger partial charge < -0.3 is 24.5 Å². The minimum Gasteiger partial charge on any atom is -0.469 e. The van der Waals surface area contributed by atoms with Crippen LogP contribution in [0.15, 0.2) is 27.8 Å². The van der Waals surface area contributed by atoms with E-state index in [0.717, 1.165) is 57.3 Å². The number of rotatable bonds is 7. The van der Waals surface area contributed by atoms with Crippen LogP contribution in [0.3, 0.4) is 0 Å². The largest absolute Gasteiger partial charge is 0.469 e. The zero-order valence-corrected chi connectivity index (χ0v) is 13.6. The standard InChI is InChI=1S/C16H27N3O3/c1-3-17-15(18-9-6-14-5-4-10-22-14)19-13-16(20-2)7-11-21-12-8-16/h4-5,10H,3,6-9,11-13H2,1-2H3,(H2,17,18,19). The van der Waals surface area contributed by atoms with Gasteiger partial charge in [-0.15, -0.1) is 0 Å². The van der Waals surface area contributed by atoms with E-state index in [4.69, 9.17) is 13.9 Å². The van der Waals surface area contributed by atoms with Crippen LogP contribution in [0.5, 0.6) is 0 Å². The van der Waals surface area contributed by atoms with E-state index >= 15 is 0 Å². The molecule has 6 heteroatoms. The fourth-order valence-electron chi connectivity index (χ4n) is 2.49. The van der Waals surface area contributed by atoms with Gasteiger partial charge in [-0.1, -0.05) is 0 Å². The van der Waals surface area contributed by atoms with Gasteiger partial charge in [-0.05, 0) is 19.1 Å². The van der Waals surface area contributed by atoms with Gasteiger partial charge in [-0.3, -0.25) is 4.99 Å². The maximum Gasteiger partial charge on any atom is 0.191 e. The molecule has 0 spiro atoms. The highest BCUT2D eigenvalue weighted by Crippen LogP contribution is 2.24. The van der Waals surface area contributed by atoms with Gasteiger partial charge >= 0.3 is 0 Å². The van der Waals surface area contributed by atoms with Crippen molar-refractivity contribution in [3.63, 3.8) is 0 Å². The number of furan rings is 1. The number of hydrogen-bond donors (Lipinski definition) is 2. The van der Waals surface area contributed by atoms with Gasteiger partial charge in [0.2, 0.25) is 0 Å². The van der Waals surface area contributed by atoms with E-state index < -0.39 is 0 Å². The highest BCUT2D eigenvalue weighted by Gasteiger charge is 2.32. The summed E-state index contributed by atoms with van der Waals surface area (Å²) in [5.74, 6) is 1.79. The monoisotopic (exact) mass is 309 g/mol. The summed E-state index contributed by atoms with van der Waals surface area (Å²) in [5, 5.41) is 6.60. The summed E-state index contributed by atoms with van der Waals surface area (Å²) in [5.41, 5.74) is -0.193. The van der Waals surface area contributed by atoms with Crippen LogP contribution in [0.25, 0.3) is 0 Å². The van der Waals surface area contributed by atoms with Crippen molar-refractivity contribution in [1.82, 2.24) is 10.6 Å². The molecule has 1 aliphatic rings. The predicted octanol–water partition coefficient (Wildman–Crippen LogP) is 1.57. The Labute approximate surface area is 132 Å². The van der Waals surface area contributed by atoms with E-state index in [2.05, 4.69) is 22.5 Å². The SMILES string of the molecule is CCNC(=NCC1(OC)CCOCC1)NCCc1ccco1. The summed E-state index contributed by atoms with van der Waals surface area (Å²) in [4.78, 5) is 4.68. The molecule has 0 aliphatic carbocycles. The van der Waals surface area contributed by atoms with Gasteiger partial charge in [0.05, 0.1) is 18.4 Å². The minimum atomic E-state index is -0.193. The molecular weight excluding hydrogens is 282 g/mol. The summed E-state index contributed by atoms with van der Waals surface area (Å²) >= 11 is 0. The lowest BCUT2D eigenvalue weighted by Crippen LogP contribution is -2.44. The number of nitrogens with one attached hydrogen (secondary N) is 2. The summed E-state index contributed by atoms with van der Waals surface area (Å²) in [6.45, 7) is 5.79. The molecule has 0 amide bonds. The molecule has 0 bridgehead atoms. The van der Waals surface area contributed by atoms with Crippen molar-refractivity contribution < 1.29 is 13.9 Å². The Bertz CT molecular complexity index is 439. The molecule has 0 radical (unpaired) electrons. The Morgan fingerprint density at radius 2 is 2.18 bits per heavy atom. The fourth-order valence-corrected chi connectivity index (χ4v) is 2.49. The average Bonchev–Trinajstić information content (AvgIpc) is 3.07. The zero-order valence-electron chi connectivity index (χ0n) is 13.6. The van der Waals surface area contributed by atoms with E-state index in [0.29, 0.717) is 6.54 Å². The van der Waals surface area contributed by atoms with E-state index in [1.54, 1.807) is 13.4 Å². The molecule has 2 rings (SSSR count). The number of ether oxygens (including phenoxy) is 2. The minimum absolute atomic E-state index is 0.193. The molecule has 0 aromatic carbocycles. The van der Waals surface area contributed by atoms with Crippen molar-refractivity contribution >= 4 is 5.96 Å². The van der Waals surface area contributed by atoms with E-state index in [1.807, 2.05) is 12.1 Å². The third-order valence-corrected chi connectivity index (χ3v) is 3.95. The van der Waals surface area contributed by atoms with Gasteiger partial charge in [0.1, 0.15) is 5.76 Å². The second-order valence-corrected chi connectivity index (χ2v) is 5.45. The zero-order chi connectivity index (χ0) is 15.7. The molecule has 1 fully saturated rings. The van der Waals surface area contributed by atoms with Gasteiger partial charge in [-0.25, -0.2) is 0 Å². The maximum atomic E-state index is 5.71. The van der Waals surface area contributed by atoms with Crippen molar-refractivity contribution in [1.29, 1.82) is 0 Å². The molecule has 1 saturated heterocycles. The van der Waals surface area contributed by atoms with Crippen LogP contribution in [-0.2, 0) is 15.9 Å². The van der Waals surface area contributed by atoms with Crippen molar-refractivity contribution in [3.05, 3.63) is 24.2 Å². The summed E-state index contributed by atoms with van der Waals surface area (Å²) < 4.78 is 16.5. The molecule has 2 N–H and O–H groups in total. The molecular formula is C16H27N3O3. The lowest BCUT2D eigenvalue weighted by molar-refractivity contribution is -0.0828. The van der Waals surface area contributed by atoms with Crippen molar-refractivity contribution in [2.45, 2.75) is 31.8 Å². The first-order valence-corrected chi connectivity index (χ1v) is 7.95. The van der Waals surface area contributed by atoms with Crippen molar-refractivity contribution in [2.24, 2.45) is 4.99 Å². The third-order valence-electron chi connectivity index (χ3n) is 3.95. The van der Waals surface area contributed by atoms with Crippen molar-refractivity contribution in [3.8, 4) is 0 Å². The highest BCUT2D eigenvalue weighted by molar-refractivity contribution is 5.79. The Morgan fingerprint density at radius 1 is 1.36 bits per heavy atom. The molecule has 6 nitrogen and oxygen atoms in total. The Kier molecular flexibility index (Phi) is 6.74. The second-order valence-electron chi connectivity index (χ2n) is 5.45. The Hall–Kier alpha value is -1.53. The topological polar surface area (TPSA) is 68.0 Å². The fraction of sp³-hybridized carbons (Fsp3) is 0.688. The second kappa shape index (κ2) is 8.80. The smallest absolute Gasteiger partial charge is 0.191 e. The normalized spacial score (nSPS) is 18.2. The number of guanidine groups is 1.